The summed E-state index contributed by atoms with van der Waals surface area (Å²) in [5, 5.41) is 17.1. The van der Waals surface area contributed by atoms with Crippen LogP contribution in [0.1, 0.15) is 17.0 Å². The van der Waals surface area contributed by atoms with Gasteiger partial charge in [-0.1, -0.05) is 5.18 Å². The number of aromatic nitrogens is 2. The molecule has 3 aromatic rings. The smallest absolute Gasteiger partial charge is 0.123 e. The van der Waals surface area contributed by atoms with E-state index in [1.54, 1.807) is 42.3 Å². The minimum Gasteiger partial charge on any atom is -0.508 e. The maximum Gasteiger partial charge on any atom is 0.123 e. The molecule has 0 spiro atoms. The minimum absolute atomic E-state index is 0.0287. The van der Waals surface area contributed by atoms with Gasteiger partial charge in [-0.15, -0.1) is 0 Å². The van der Waals surface area contributed by atoms with Crippen molar-refractivity contribution >= 4 is 0 Å². The van der Waals surface area contributed by atoms with Gasteiger partial charge in [-0.2, -0.15) is 10.0 Å². The zero-order chi connectivity index (χ0) is 16.6. The molecule has 6 heteroatoms. The van der Waals surface area contributed by atoms with Gasteiger partial charge < -0.3 is 9.52 Å². The largest absolute Gasteiger partial charge is 0.508 e. The van der Waals surface area contributed by atoms with Gasteiger partial charge >= 0.3 is 0 Å². The fourth-order valence-electron chi connectivity index (χ4n) is 2.83. The molecule has 0 atom stereocenters. The summed E-state index contributed by atoms with van der Waals surface area (Å²) in [6.07, 6.45) is 1.69. The van der Waals surface area contributed by atoms with Gasteiger partial charge in [-0.05, 0) is 43.7 Å². The molecular formula is C17H17N3O3. The van der Waals surface area contributed by atoms with Crippen LogP contribution in [0.4, 0.5) is 0 Å². The summed E-state index contributed by atoms with van der Waals surface area (Å²) in [6, 6.07) is 6.81. The second-order valence-electron chi connectivity index (χ2n) is 5.48. The van der Waals surface area contributed by atoms with Gasteiger partial charge in [0.15, 0.2) is 0 Å². The van der Waals surface area contributed by atoms with E-state index >= 15 is 0 Å². The van der Waals surface area contributed by atoms with E-state index in [1.807, 2.05) is 13.8 Å². The molecule has 0 saturated heterocycles. The third-order valence-electron chi connectivity index (χ3n) is 3.93. The number of furan rings is 1. The first kappa shape index (κ1) is 15.0. The first-order chi connectivity index (χ1) is 11.0. The van der Waals surface area contributed by atoms with Crippen LogP contribution in [0.15, 0.2) is 40.1 Å². The number of hydrogen-bond donors (Lipinski definition) is 1. The molecule has 0 fully saturated rings. The highest BCUT2D eigenvalue weighted by Gasteiger charge is 2.23. The molecule has 1 aromatic carbocycles. The molecule has 1 N–H and O–H groups in total. The minimum atomic E-state index is 0.0287. The van der Waals surface area contributed by atoms with E-state index < -0.39 is 0 Å². The molecule has 2 aromatic heterocycles. The van der Waals surface area contributed by atoms with Crippen LogP contribution >= 0.6 is 0 Å². The molecule has 0 bridgehead atoms. The molecule has 0 radical (unpaired) electrons. The summed E-state index contributed by atoms with van der Waals surface area (Å²) in [6.45, 7) is 3.87. The van der Waals surface area contributed by atoms with E-state index in [2.05, 4.69) is 10.3 Å². The molecule has 23 heavy (non-hydrogen) atoms. The van der Waals surface area contributed by atoms with Crippen molar-refractivity contribution in [2.24, 2.45) is 12.2 Å². The van der Waals surface area contributed by atoms with Crippen LogP contribution in [0, 0.1) is 18.8 Å². The molecule has 0 unspecified atom stereocenters. The summed E-state index contributed by atoms with van der Waals surface area (Å²) in [4.78, 5) is 10.9. The molecule has 3 rings (SSSR count). The van der Waals surface area contributed by atoms with E-state index in [9.17, 15) is 10.0 Å². The van der Waals surface area contributed by atoms with E-state index in [4.69, 9.17) is 4.42 Å². The monoisotopic (exact) mass is 311 g/mol. The van der Waals surface area contributed by atoms with Gasteiger partial charge in [0.1, 0.15) is 23.7 Å². The van der Waals surface area contributed by atoms with E-state index in [0.29, 0.717) is 0 Å². The van der Waals surface area contributed by atoms with Crippen molar-refractivity contribution in [3.8, 4) is 28.1 Å². The van der Waals surface area contributed by atoms with Crippen LogP contribution in [-0.2, 0) is 13.6 Å². The van der Waals surface area contributed by atoms with Gasteiger partial charge in [0, 0.05) is 23.7 Å². The van der Waals surface area contributed by atoms with Gasteiger partial charge in [0.05, 0.1) is 12.0 Å². The first-order valence-corrected chi connectivity index (χ1v) is 7.22. The van der Waals surface area contributed by atoms with Crippen molar-refractivity contribution in [3.05, 3.63) is 52.5 Å². The lowest BCUT2D eigenvalue weighted by atomic mass is 9.96. The van der Waals surface area contributed by atoms with Crippen molar-refractivity contribution in [3.63, 3.8) is 0 Å². The van der Waals surface area contributed by atoms with Crippen LogP contribution in [0.3, 0.4) is 0 Å². The van der Waals surface area contributed by atoms with Gasteiger partial charge in [-0.3, -0.25) is 4.68 Å². The number of aromatic hydroxyl groups is 1. The molecule has 2 heterocycles. The number of phenols is 1. The number of hydrogen-bond acceptors (Lipinski definition) is 5. The highest BCUT2D eigenvalue weighted by Crippen LogP contribution is 2.39. The van der Waals surface area contributed by atoms with Gasteiger partial charge in [0.2, 0.25) is 0 Å². The average Bonchev–Trinajstić information content (AvgIpc) is 3.01. The van der Waals surface area contributed by atoms with Crippen LogP contribution in [-0.4, -0.2) is 14.9 Å². The van der Waals surface area contributed by atoms with Crippen LogP contribution in [0.2, 0.25) is 0 Å². The van der Waals surface area contributed by atoms with E-state index in [0.717, 1.165) is 39.4 Å². The second-order valence-corrected chi connectivity index (χ2v) is 5.48. The standard InChI is InChI=1S/C17H17N3O3/c1-10-9-23-11(2)15(10)16-14(8-18-22)20(3)19-17(16)12-4-6-13(21)7-5-12/h4-7,9,21H,8H2,1-3H3. The molecule has 118 valence electrons. The third kappa shape index (κ3) is 2.52. The summed E-state index contributed by atoms with van der Waals surface area (Å²) >= 11 is 0. The Bertz CT molecular complexity index is 841. The van der Waals surface area contributed by atoms with Crippen molar-refractivity contribution in [2.45, 2.75) is 20.4 Å². The summed E-state index contributed by atoms with van der Waals surface area (Å²) in [5.74, 6) is 0.958. The number of nitrogens with zero attached hydrogens (tertiary/aromatic N) is 3. The molecule has 0 aliphatic carbocycles. The van der Waals surface area contributed by atoms with Crippen molar-refractivity contribution in [1.82, 2.24) is 9.78 Å². The fourth-order valence-corrected chi connectivity index (χ4v) is 2.83. The number of aryl methyl sites for hydroxylation is 3. The van der Waals surface area contributed by atoms with Gasteiger partial charge in [-0.25, -0.2) is 0 Å². The number of nitroso groups, excluding NO2 is 1. The highest BCUT2D eigenvalue weighted by atomic mass is 16.3. The van der Waals surface area contributed by atoms with Crippen LogP contribution < -0.4 is 0 Å². The molecular weight excluding hydrogens is 294 g/mol. The fraction of sp³-hybridized carbons (Fsp3) is 0.235. The Morgan fingerprint density at radius 1 is 1.22 bits per heavy atom. The summed E-state index contributed by atoms with van der Waals surface area (Å²) < 4.78 is 7.19. The van der Waals surface area contributed by atoms with Crippen LogP contribution in [0.25, 0.3) is 22.4 Å². The lowest BCUT2D eigenvalue weighted by Gasteiger charge is -2.06. The van der Waals surface area contributed by atoms with E-state index in [1.165, 1.54) is 0 Å². The maximum atomic E-state index is 10.9. The zero-order valence-electron chi connectivity index (χ0n) is 13.2. The first-order valence-electron chi connectivity index (χ1n) is 7.22. The predicted molar refractivity (Wildman–Crippen MR) is 87.0 cm³/mol. The Hall–Kier alpha value is -2.89. The molecule has 0 aliphatic rings. The zero-order valence-corrected chi connectivity index (χ0v) is 13.2. The highest BCUT2D eigenvalue weighted by molar-refractivity contribution is 5.85. The van der Waals surface area contributed by atoms with Crippen molar-refractivity contribution in [1.29, 1.82) is 0 Å². The van der Waals surface area contributed by atoms with Gasteiger partial charge in [0.25, 0.3) is 0 Å². The number of rotatable bonds is 4. The topological polar surface area (TPSA) is 80.6 Å². The molecule has 0 amide bonds. The Kier molecular flexibility index (Phi) is 3.73. The summed E-state index contributed by atoms with van der Waals surface area (Å²) in [7, 11) is 1.79. The SMILES string of the molecule is Cc1coc(C)c1-c1c(-c2ccc(O)cc2)nn(C)c1CN=O. The Morgan fingerprint density at radius 3 is 2.48 bits per heavy atom. The lowest BCUT2D eigenvalue weighted by Crippen LogP contribution is -1.98. The predicted octanol–water partition coefficient (Wildman–Crippen LogP) is 3.94. The number of phenolic OH excluding ortho intramolecular Hbond substituents is 1. The Morgan fingerprint density at radius 2 is 1.91 bits per heavy atom. The second kappa shape index (κ2) is 5.72. The van der Waals surface area contributed by atoms with Crippen LogP contribution in [0.5, 0.6) is 5.75 Å². The Labute approximate surface area is 133 Å². The Balaban J connectivity index is 2.30. The number of benzene rings is 1. The quantitative estimate of drug-likeness (QED) is 0.740. The van der Waals surface area contributed by atoms with Crippen molar-refractivity contribution in [2.75, 3.05) is 0 Å². The molecule has 0 aliphatic heterocycles. The maximum absolute atomic E-state index is 10.9. The lowest BCUT2D eigenvalue weighted by molar-refractivity contribution is 0.475. The average molecular weight is 311 g/mol. The van der Waals surface area contributed by atoms with Crippen molar-refractivity contribution < 1.29 is 9.52 Å². The normalized spacial score (nSPS) is 10.9. The third-order valence-corrected chi connectivity index (χ3v) is 3.93. The molecule has 6 nitrogen and oxygen atoms in total. The molecule has 0 saturated carbocycles. The van der Waals surface area contributed by atoms with E-state index in [-0.39, 0.29) is 12.3 Å². The summed E-state index contributed by atoms with van der Waals surface area (Å²) in [5.41, 5.74) is 5.07.